The maximum atomic E-state index is 12.5. The highest BCUT2D eigenvalue weighted by Crippen LogP contribution is 2.18. The molecule has 0 fully saturated rings. The highest BCUT2D eigenvalue weighted by atomic mass is 19.3. The van der Waals surface area contributed by atoms with E-state index >= 15 is 0 Å². The minimum Gasteiger partial charge on any atom is -0.494 e. The Kier molecular flexibility index (Phi) is 38.8. The van der Waals surface area contributed by atoms with Crippen molar-refractivity contribution in [3.63, 3.8) is 0 Å². The van der Waals surface area contributed by atoms with Crippen molar-refractivity contribution in [2.45, 2.75) is 121 Å². The third kappa shape index (κ3) is 29.2. The quantitative estimate of drug-likeness (QED) is 0.0972. The van der Waals surface area contributed by atoms with Crippen LogP contribution in [0, 0.1) is 0 Å². The molecule has 0 bridgehead atoms. The third-order valence-corrected chi connectivity index (χ3v) is 5.96. The number of unbranched alkanes of at least 4 members (excludes halogenated alkanes) is 1. The molecular formula is C41H66F5N3O. The fourth-order valence-electron chi connectivity index (χ4n) is 3.55. The molecule has 2 rings (SSSR count). The molecular weight excluding hydrogens is 645 g/mol. The Morgan fingerprint density at radius 3 is 1.88 bits per heavy atom. The van der Waals surface area contributed by atoms with E-state index in [9.17, 15) is 22.0 Å². The number of rotatable bonds is 16. The Morgan fingerprint density at radius 2 is 1.44 bits per heavy atom. The van der Waals surface area contributed by atoms with Crippen LogP contribution in [-0.2, 0) is 6.42 Å². The maximum Gasteiger partial charge on any atom is 0.301 e. The lowest BCUT2D eigenvalue weighted by molar-refractivity contribution is 0.302. The first kappa shape index (κ1) is 53.1. The molecule has 0 saturated heterocycles. The van der Waals surface area contributed by atoms with Crippen molar-refractivity contribution in [1.82, 2.24) is 4.90 Å². The van der Waals surface area contributed by atoms with E-state index in [2.05, 4.69) is 67.7 Å². The number of amidine groups is 1. The molecule has 0 saturated carbocycles. The molecule has 9 heteroatoms. The number of benzene rings is 1. The summed E-state index contributed by atoms with van der Waals surface area (Å²) in [5.41, 5.74) is 4.51. The average Bonchev–Trinajstić information content (AvgIpc) is 3.46. The fraction of sp³-hybridized carbons (Fsp3) is 0.512. The minimum absolute atomic E-state index is 0.232. The van der Waals surface area contributed by atoms with Crippen molar-refractivity contribution in [3.05, 3.63) is 103 Å². The summed E-state index contributed by atoms with van der Waals surface area (Å²) in [6.07, 6.45) is 7.58. The zero-order valence-electron chi connectivity index (χ0n) is 32.8. The number of hydrogen-bond acceptors (Lipinski definition) is 4. The standard InChI is InChI=1S/C16H25N3.C15H17F3O.C4H6F2.3C2H6/c1-6-9-13(4)11-19(8-3)12-15-14(5)17-16(18-15)10-7-2;1-2-5-12-7-9-13(10-8-12)19-11-4-3-6-14(16)15(17)18;1-3(5)4(2)6;3*1-2/h7,9,12H,2,6,8,10-11H2,1,3-5H3;2,7-10H,1,3-6,11H2;4H,1H2,2H3;3*1-2H3/b13-9+,15-12+;;;;;. The molecule has 1 aromatic carbocycles. The topological polar surface area (TPSA) is 37.2 Å². The summed E-state index contributed by atoms with van der Waals surface area (Å²) in [4.78, 5) is 11.3. The van der Waals surface area contributed by atoms with Gasteiger partial charge in [0.1, 0.15) is 29.3 Å². The molecule has 1 aromatic rings. The van der Waals surface area contributed by atoms with E-state index in [1.165, 1.54) is 5.57 Å². The van der Waals surface area contributed by atoms with Crippen LogP contribution >= 0.6 is 0 Å². The van der Waals surface area contributed by atoms with Gasteiger partial charge in [-0.15, -0.1) is 13.2 Å². The van der Waals surface area contributed by atoms with Crippen molar-refractivity contribution < 1.29 is 26.7 Å². The fourth-order valence-corrected chi connectivity index (χ4v) is 3.55. The molecule has 1 aliphatic rings. The van der Waals surface area contributed by atoms with Gasteiger partial charge in [-0.25, -0.2) is 23.2 Å². The summed E-state index contributed by atoms with van der Waals surface area (Å²) < 4.78 is 64.0. The second kappa shape index (κ2) is 36.5. The summed E-state index contributed by atoms with van der Waals surface area (Å²) in [5, 5.41) is 0. The lowest BCUT2D eigenvalue weighted by atomic mass is 10.1. The first-order chi connectivity index (χ1) is 23.9. The molecule has 1 aliphatic heterocycles. The zero-order chi connectivity index (χ0) is 39.5. The molecule has 286 valence electrons. The van der Waals surface area contributed by atoms with Gasteiger partial charge in [0.05, 0.1) is 12.3 Å². The molecule has 1 heterocycles. The van der Waals surface area contributed by atoms with E-state index in [0.29, 0.717) is 19.4 Å². The molecule has 4 nitrogen and oxygen atoms in total. The number of hydrogen-bond donors (Lipinski definition) is 0. The molecule has 0 radical (unpaired) electrons. The lowest BCUT2D eigenvalue weighted by Gasteiger charge is -2.19. The molecule has 50 heavy (non-hydrogen) atoms. The Bertz CT molecular complexity index is 1180. The SMILES string of the molecule is C=C(F)C(C)F.C=CCC1=N/C(=C/N(CC)C/C(C)=C/CC)C(C)=N1.C=CCc1ccc(OCCCCC(F)=C(F)F)cc1.CC.CC.CC. The average molecular weight is 712 g/mol. The van der Waals surface area contributed by atoms with Gasteiger partial charge >= 0.3 is 6.08 Å². The predicted octanol–water partition coefficient (Wildman–Crippen LogP) is 13.9. The number of likely N-dealkylation sites (N-methyl/N-ethyl adjacent to an activating group) is 1. The lowest BCUT2D eigenvalue weighted by Crippen LogP contribution is -2.20. The van der Waals surface area contributed by atoms with Crippen LogP contribution in [0.15, 0.2) is 107 Å². The summed E-state index contributed by atoms with van der Waals surface area (Å²) in [5.74, 6) is -0.653. The maximum absolute atomic E-state index is 12.5. The van der Waals surface area contributed by atoms with Gasteiger partial charge in [0.25, 0.3) is 0 Å². The smallest absolute Gasteiger partial charge is 0.301 e. The molecule has 0 N–H and O–H groups in total. The van der Waals surface area contributed by atoms with E-state index in [0.717, 1.165) is 67.8 Å². The first-order valence-corrected chi connectivity index (χ1v) is 17.7. The summed E-state index contributed by atoms with van der Waals surface area (Å²) >= 11 is 0. The summed E-state index contributed by atoms with van der Waals surface area (Å²) in [6, 6.07) is 7.58. The Hall–Kier alpha value is -3.75. The van der Waals surface area contributed by atoms with E-state index in [4.69, 9.17) is 4.74 Å². The molecule has 1 unspecified atom stereocenters. The van der Waals surface area contributed by atoms with Crippen molar-refractivity contribution in [1.29, 1.82) is 0 Å². The van der Waals surface area contributed by atoms with E-state index in [1.54, 1.807) is 0 Å². The number of alkyl halides is 1. The second-order valence-electron chi connectivity index (χ2n) is 9.92. The van der Waals surface area contributed by atoms with Crippen molar-refractivity contribution >= 4 is 11.5 Å². The van der Waals surface area contributed by atoms with Crippen LogP contribution in [0.25, 0.3) is 0 Å². The van der Waals surface area contributed by atoms with Crippen LogP contribution < -0.4 is 4.74 Å². The normalized spacial score (nSPS) is 12.5. The zero-order valence-corrected chi connectivity index (χ0v) is 32.8. The number of halogens is 5. The predicted molar refractivity (Wildman–Crippen MR) is 210 cm³/mol. The monoisotopic (exact) mass is 712 g/mol. The van der Waals surface area contributed by atoms with Gasteiger partial charge in [0.15, 0.2) is 5.83 Å². The highest BCUT2D eigenvalue weighted by molar-refractivity contribution is 6.12. The van der Waals surface area contributed by atoms with Crippen molar-refractivity contribution in [2.75, 3.05) is 19.7 Å². The van der Waals surface area contributed by atoms with Gasteiger partial charge in [0.2, 0.25) is 0 Å². The van der Waals surface area contributed by atoms with Crippen LogP contribution in [0.1, 0.15) is 114 Å². The van der Waals surface area contributed by atoms with Crippen LogP contribution in [0.3, 0.4) is 0 Å². The second-order valence-corrected chi connectivity index (χ2v) is 9.92. The Labute approximate surface area is 302 Å². The van der Waals surface area contributed by atoms with Gasteiger partial charge in [-0.3, -0.25) is 0 Å². The summed E-state index contributed by atoms with van der Waals surface area (Å²) in [6.45, 7) is 34.0. The molecule has 0 aliphatic carbocycles. The van der Waals surface area contributed by atoms with Crippen molar-refractivity contribution in [2.24, 2.45) is 9.98 Å². The van der Waals surface area contributed by atoms with Crippen LogP contribution in [0.4, 0.5) is 22.0 Å². The van der Waals surface area contributed by atoms with Crippen molar-refractivity contribution in [3.8, 4) is 5.75 Å². The largest absolute Gasteiger partial charge is 0.494 e. The van der Waals surface area contributed by atoms with Crippen LogP contribution in [0.2, 0.25) is 0 Å². The van der Waals surface area contributed by atoms with Gasteiger partial charge in [0, 0.05) is 32.1 Å². The van der Waals surface area contributed by atoms with Gasteiger partial charge in [-0.05, 0) is 71.1 Å². The van der Waals surface area contributed by atoms with E-state index in [1.807, 2.05) is 84.9 Å². The van der Waals surface area contributed by atoms with E-state index in [-0.39, 0.29) is 6.42 Å². The Morgan fingerprint density at radius 1 is 0.900 bits per heavy atom. The number of aliphatic imine (C=N–C) groups is 2. The van der Waals surface area contributed by atoms with E-state index < -0.39 is 23.9 Å². The minimum atomic E-state index is -2.22. The number of allylic oxidation sites excluding steroid dienone is 5. The molecule has 0 aromatic heterocycles. The number of nitrogens with zero attached hydrogens (tertiary/aromatic N) is 3. The molecule has 0 spiro atoms. The van der Waals surface area contributed by atoms with Crippen LogP contribution in [-0.4, -0.2) is 42.3 Å². The van der Waals surface area contributed by atoms with Gasteiger partial charge in [-0.2, -0.15) is 8.78 Å². The van der Waals surface area contributed by atoms with Gasteiger partial charge in [-0.1, -0.05) is 91.0 Å². The van der Waals surface area contributed by atoms with Crippen LogP contribution in [0.5, 0.6) is 5.75 Å². The molecule has 0 amide bonds. The first-order valence-electron chi connectivity index (χ1n) is 17.7. The van der Waals surface area contributed by atoms with Gasteiger partial charge < -0.3 is 9.64 Å². The third-order valence-electron chi connectivity index (χ3n) is 5.96. The summed E-state index contributed by atoms with van der Waals surface area (Å²) in [7, 11) is 0. The number of ether oxygens (including phenoxy) is 1. The molecule has 1 atom stereocenters. The highest BCUT2D eigenvalue weighted by Gasteiger charge is 2.12. The Balaban J connectivity index is -0.000000322.